The average molecular weight is 272 g/mol. The first kappa shape index (κ1) is 16.4. The molecule has 0 aromatic heterocycles. The summed E-state index contributed by atoms with van der Waals surface area (Å²) in [5, 5.41) is 0. The Morgan fingerprint density at radius 2 is 1.83 bits per heavy atom. The second-order valence-corrected chi connectivity index (χ2v) is 6.82. The smallest absolute Gasteiger partial charge is 0.00953 e. The van der Waals surface area contributed by atoms with Crippen molar-refractivity contribution in [2.45, 2.75) is 71.8 Å². The Bertz CT molecular complexity index is 199. The van der Waals surface area contributed by atoms with Crippen LogP contribution in [0, 0.1) is 11.8 Å². The molecule has 0 heterocycles. The zero-order valence-corrected chi connectivity index (χ0v) is 13.6. The van der Waals surface area contributed by atoms with Gasteiger partial charge in [0.25, 0.3) is 0 Å². The van der Waals surface area contributed by atoms with Gasteiger partial charge in [0, 0.05) is 12.6 Å². The second-order valence-electron chi connectivity index (χ2n) is 6.45. The number of thiol groups is 1. The van der Waals surface area contributed by atoms with Crippen molar-refractivity contribution in [3.63, 3.8) is 0 Å². The molecule has 0 N–H and O–H groups in total. The summed E-state index contributed by atoms with van der Waals surface area (Å²) in [6.07, 6.45) is 9.75. The van der Waals surface area contributed by atoms with Crippen LogP contribution in [0.15, 0.2) is 0 Å². The van der Waals surface area contributed by atoms with Crippen molar-refractivity contribution < 1.29 is 0 Å². The standard InChI is InChI=1S/C16H33NS/c1-4-7-15(13-18)12-17(11-10-14(2)3)16-8-5-6-9-16/h14-16,18H,4-13H2,1-3H3. The normalized spacial score (nSPS) is 19.0. The van der Waals surface area contributed by atoms with Crippen LogP contribution in [-0.2, 0) is 0 Å². The third-order valence-corrected chi connectivity index (χ3v) is 4.80. The van der Waals surface area contributed by atoms with Crippen molar-refractivity contribution in [1.82, 2.24) is 4.90 Å². The van der Waals surface area contributed by atoms with Gasteiger partial charge in [0.1, 0.15) is 0 Å². The molecule has 18 heavy (non-hydrogen) atoms. The second kappa shape index (κ2) is 9.25. The van der Waals surface area contributed by atoms with Gasteiger partial charge in [-0.2, -0.15) is 12.6 Å². The fraction of sp³-hybridized carbons (Fsp3) is 1.00. The lowest BCUT2D eigenvalue weighted by Gasteiger charge is -2.32. The van der Waals surface area contributed by atoms with Crippen LogP contribution in [0.4, 0.5) is 0 Å². The van der Waals surface area contributed by atoms with Crippen molar-refractivity contribution in [2.24, 2.45) is 11.8 Å². The minimum atomic E-state index is 0.797. The van der Waals surface area contributed by atoms with Gasteiger partial charge in [0.15, 0.2) is 0 Å². The van der Waals surface area contributed by atoms with Crippen molar-refractivity contribution >= 4 is 12.6 Å². The molecule has 0 amide bonds. The summed E-state index contributed by atoms with van der Waals surface area (Å²) in [4.78, 5) is 2.80. The fourth-order valence-electron chi connectivity index (χ4n) is 3.10. The minimum Gasteiger partial charge on any atom is -0.300 e. The lowest BCUT2D eigenvalue weighted by atomic mass is 10.0. The van der Waals surface area contributed by atoms with E-state index in [4.69, 9.17) is 0 Å². The highest BCUT2D eigenvalue weighted by Gasteiger charge is 2.24. The lowest BCUT2D eigenvalue weighted by molar-refractivity contribution is 0.162. The van der Waals surface area contributed by atoms with Gasteiger partial charge >= 0.3 is 0 Å². The van der Waals surface area contributed by atoms with Gasteiger partial charge in [-0.3, -0.25) is 0 Å². The van der Waals surface area contributed by atoms with Gasteiger partial charge in [-0.05, 0) is 49.8 Å². The van der Waals surface area contributed by atoms with Gasteiger partial charge in [-0.15, -0.1) is 0 Å². The van der Waals surface area contributed by atoms with E-state index in [1.54, 1.807) is 0 Å². The van der Waals surface area contributed by atoms with Crippen molar-refractivity contribution in [3.05, 3.63) is 0 Å². The number of rotatable bonds is 9. The first-order valence-corrected chi connectivity index (χ1v) is 8.65. The van der Waals surface area contributed by atoms with E-state index in [1.807, 2.05) is 0 Å². The molecule has 0 aliphatic heterocycles. The monoisotopic (exact) mass is 271 g/mol. The molecule has 0 spiro atoms. The van der Waals surface area contributed by atoms with Gasteiger partial charge in [0.2, 0.25) is 0 Å². The molecule has 0 aromatic rings. The molecule has 1 rings (SSSR count). The Kier molecular flexibility index (Phi) is 8.41. The highest BCUT2D eigenvalue weighted by Crippen LogP contribution is 2.26. The number of hydrogen-bond acceptors (Lipinski definition) is 2. The molecule has 2 heteroatoms. The van der Waals surface area contributed by atoms with Crippen LogP contribution in [0.2, 0.25) is 0 Å². The minimum absolute atomic E-state index is 0.797. The largest absolute Gasteiger partial charge is 0.300 e. The van der Waals surface area contributed by atoms with E-state index in [0.29, 0.717) is 0 Å². The van der Waals surface area contributed by atoms with Crippen LogP contribution in [0.5, 0.6) is 0 Å². The van der Waals surface area contributed by atoms with E-state index in [9.17, 15) is 0 Å². The predicted octanol–water partition coefficient (Wildman–Crippen LogP) is 4.62. The highest BCUT2D eigenvalue weighted by molar-refractivity contribution is 7.80. The van der Waals surface area contributed by atoms with E-state index >= 15 is 0 Å². The molecule has 1 aliphatic rings. The van der Waals surface area contributed by atoms with Gasteiger partial charge in [-0.25, -0.2) is 0 Å². The Morgan fingerprint density at radius 1 is 1.17 bits per heavy atom. The highest BCUT2D eigenvalue weighted by atomic mass is 32.1. The van der Waals surface area contributed by atoms with E-state index in [1.165, 1.54) is 58.0 Å². The van der Waals surface area contributed by atoms with E-state index in [-0.39, 0.29) is 0 Å². The number of nitrogens with zero attached hydrogens (tertiary/aromatic N) is 1. The van der Waals surface area contributed by atoms with Gasteiger partial charge in [-0.1, -0.05) is 40.0 Å². The topological polar surface area (TPSA) is 3.24 Å². The molecule has 1 aliphatic carbocycles. The zero-order chi connectivity index (χ0) is 13.4. The average Bonchev–Trinajstić information content (AvgIpc) is 2.86. The van der Waals surface area contributed by atoms with Gasteiger partial charge in [0.05, 0.1) is 0 Å². The Balaban J connectivity index is 2.46. The summed E-state index contributed by atoms with van der Waals surface area (Å²) in [6, 6.07) is 0.878. The summed E-state index contributed by atoms with van der Waals surface area (Å²) < 4.78 is 0. The lowest BCUT2D eigenvalue weighted by Crippen LogP contribution is -2.39. The molecular formula is C16H33NS. The molecule has 0 radical (unpaired) electrons. The van der Waals surface area contributed by atoms with Crippen LogP contribution >= 0.6 is 12.6 Å². The van der Waals surface area contributed by atoms with Crippen LogP contribution in [0.25, 0.3) is 0 Å². The third kappa shape index (κ3) is 5.97. The van der Waals surface area contributed by atoms with E-state index in [0.717, 1.165) is 23.6 Å². The van der Waals surface area contributed by atoms with Crippen LogP contribution < -0.4 is 0 Å². The maximum Gasteiger partial charge on any atom is 0.00953 e. The Labute approximate surface area is 120 Å². The molecular weight excluding hydrogens is 238 g/mol. The molecule has 0 aromatic carbocycles. The summed E-state index contributed by atoms with van der Waals surface area (Å²) in [7, 11) is 0. The summed E-state index contributed by atoms with van der Waals surface area (Å²) in [5.74, 6) is 2.68. The Morgan fingerprint density at radius 3 is 2.33 bits per heavy atom. The zero-order valence-electron chi connectivity index (χ0n) is 12.7. The molecule has 1 atom stereocenters. The van der Waals surface area contributed by atoms with Crippen molar-refractivity contribution in [1.29, 1.82) is 0 Å². The van der Waals surface area contributed by atoms with Gasteiger partial charge < -0.3 is 4.90 Å². The molecule has 0 saturated heterocycles. The SMILES string of the molecule is CCCC(CS)CN(CCC(C)C)C1CCCC1. The fourth-order valence-corrected chi connectivity index (χ4v) is 3.39. The first-order chi connectivity index (χ1) is 8.67. The van der Waals surface area contributed by atoms with Crippen LogP contribution in [0.1, 0.15) is 65.7 Å². The van der Waals surface area contributed by atoms with Crippen LogP contribution in [-0.4, -0.2) is 29.8 Å². The molecule has 0 bridgehead atoms. The number of hydrogen-bond donors (Lipinski definition) is 1. The van der Waals surface area contributed by atoms with Crippen molar-refractivity contribution in [2.75, 3.05) is 18.8 Å². The summed E-state index contributed by atoms with van der Waals surface area (Å²) in [6.45, 7) is 9.57. The summed E-state index contributed by atoms with van der Waals surface area (Å²) in [5.41, 5.74) is 0. The Hall–Kier alpha value is 0.310. The summed E-state index contributed by atoms with van der Waals surface area (Å²) >= 11 is 4.55. The molecule has 108 valence electrons. The van der Waals surface area contributed by atoms with Crippen molar-refractivity contribution in [3.8, 4) is 0 Å². The van der Waals surface area contributed by atoms with E-state index in [2.05, 4.69) is 38.3 Å². The molecule has 1 nitrogen and oxygen atoms in total. The molecule has 1 saturated carbocycles. The third-order valence-electron chi connectivity index (χ3n) is 4.28. The predicted molar refractivity (Wildman–Crippen MR) is 85.5 cm³/mol. The quantitative estimate of drug-likeness (QED) is 0.599. The maximum absolute atomic E-state index is 4.55. The van der Waals surface area contributed by atoms with Crippen LogP contribution in [0.3, 0.4) is 0 Å². The molecule has 1 unspecified atom stereocenters. The molecule has 1 fully saturated rings. The maximum atomic E-state index is 4.55. The van der Waals surface area contributed by atoms with E-state index < -0.39 is 0 Å². The first-order valence-electron chi connectivity index (χ1n) is 8.02.